The summed E-state index contributed by atoms with van der Waals surface area (Å²) >= 11 is 0. The van der Waals surface area contributed by atoms with E-state index in [0.29, 0.717) is 12.6 Å². The van der Waals surface area contributed by atoms with Gasteiger partial charge in [-0.1, -0.05) is 13.8 Å². The number of nitrogens with one attached hydrogen (secondary N) is 1. The molecule has 0 spiro atoms. The van der Waals surface area contributed by atoms with Crippen molar-refractivity contribution in [1.82, 2.24) is 15.3 Å². The van der Waals surface area contributed by atoms with Crippen LogP contribution in [-0.4, -0.2) is 40.3 Å². The van der Waals surface area contributed by atoms with Gasteiger partial charge in [0.1, 0.15) is 0 Å². The lowest BCUT2D eigenvalue weighted by atomic mass is 10.1. The predicted molar refractivity (Wildman–Crippen MR) is 71.5 cm³/mol. The quantitative estimate of drug-likeness (QED) is 0.832. The van der Waals surface area contributed by atoms with Gasteiger partial charge in [-0.25, -0.2) is 9.97 Å². The summed E-state index contributed by atoms with van der Waals surface area (Å²) in [4.78, 5) is 10.8. The number of hydrogen-bond donors (Lipinski definition) is 2. The minimum absolute atomic E-state index is 0.246. The normalized spacial score (nSPS) is 20.4. The third-order valence-corrected chi connectivity index (χ3v) is 3.09. The Morgan fingerprint density at radius 3 is 2.78 bits per heavy atom. The molecule has 1 saturated heterocycles. The first-order valence-corrected chi connectivity index (χ1v) is 6.62. The molecule has 1 atom stereocenters. The van der Waals surface area contributed by atoms with E-state index in [-0.39, 0.29) is 6.10 Å². The van der Waals surface area contributed by atoms with Crippen molar-refractivity contribution in [3.63, 3.8) is 0 Å². The van der Waals surface area contributed by atoms with Gasteiger partial charge in [-0.15, -0.1) is 0 Å². The minimum Gasteiger partial charge on any atom is -0.391 e. The first kappa shape index (κ1) is 13.2. The maximum absolute atomic E-state index is 9.63. The molecule has 100 valence electrons. The van der Waals surface area contributed by atoms with Gasteiger partial charge in [-0.05, 0) is 12.8 Å². The highest BCUT2D eigenvalue weighted by atomic mass is 16.3. The van der Waals surface area contributed by atoms with Gasteiger partial charge in [0.2, 0.25) is 5.95 Å². The van der Waals surface area contributed by atoms with Crippen LogP contribution in [0, 0.1) is 0 Å². The van der Waals surface area contributed by atoms with Crippen molar-refractivity contribution >= 4 is 5.95 Å². The topological polar surface area (TPSA) is 61.3 Å². The monoisotopic (exact) mass is 250 g/mol. The van der Waals surface area contributed by atoms with Crippen LogP contribution in [0.15, 0.2) is 12.4 Å². The van der Waals surface area contributed by atoms with Crippen LogP contribution in [-0.2, 0) is 6.54 Å². The fourth-order valence-corrected chi connectivity index (χ4v) is 2.06. The fraction of sp³-hybridized carbons (Fsp3) is 0.692. The van der Waals surface area contributed by atoms with E-state index in [1.54, 1.807) is 0 Å². The Balaban J connectivity index is 1.94. The molecule has 1 aliphatic rings. The van der Waals surface area contributed by atoms with Crippen molar-refractivity contribution in [2.45, 2.75) is 45.4 Å². The van der Waals surface area contributed by atoms with Crippen molar-refractivity contribution in [3.05, 3.63) is 18.0 Å². The van der Waals surface area contributed by atoms with Gasteiger partial charge < -0.3 is 15.3 Å². The number of hydrogen-bond acceptors (Lipinski definition) is 5. The van der Waals surface area contributed by atoms with Crippen molar-refractivity contribution in [3.8, 4) is 0 Å². The summed E-state index contributed by atoms with van der Waals surface area (Å²) in [5, 5.41) is 13.0. The average Bonchev–Trinajstić information content (AvgIpc) is 2.37. The van der Waals surface area contributed by atoms with Crippen LogP contribution in [0.2, 0.25) is 0 Å². The van der Waals surface area contributed by atoms with Crippen molar-refractivity contribution < 1.29 is 5.11 Å². The highest BCUT2D eigenvalue weighted by molar-refractivity contribution is 5.30. The second-order valence-corrected chi connectivity index (χ2v) is 5.17. The Bertz CT molecular complexity index is 366. The zero-order chi connectivity index (χ0) is 13.0. The minimum atomic E-state index is -0.246. The number of anilines is 1. The molecule has 18 heavy (non-hydrogen) atoms. The third kappa shape index (κ3) is 3.65. The summed E-state index contributed by atoms with van der Waals surface area (Å²) < 4.78 is 0. The molecular formula is C13H22N4O. The second-order valence-electron chi connectivity index (χ2n) is 5.17. The Labute approximate surface area is 108 Å². The maximum Gasteiger partial charge on any atom is 0.225 e. The Morgan fingerprint density at radius 2 is 2.17 bits per heavy atom. The molecule has 1 aromatic heterocycles. The molecule has 0 aromatic carbocycles. The van der Waals surface area contributed by atoms with E-state index in [1.165, 1.54) is 0 Å². The molecule has 1 unspecified atom stereocenters. The molecule has 2 heterocycles. The first-order chi connectivity index (χ1) is 8.65. The smallest absolute Gasteiger partial charge is 0.225 e. The predicted octanol–water partition coefficient (Wildman–Crippen LogP) is 0.936. The summed E-state index contributed by atoms with van der Waals surface area (Å²) in [5.74, 6) is 0.724. The van der Waals surface area contributed by atoms with E-state index in [4.69, 9.17) is 0 Å². The van der Waals surface area contributed by atoms with Crippen molar-refractivity contribution in [2.24, 2.45) is 0 Å². The van der Waals surface area contributed by atoms with Gasteiger partial charge in [0.25, 0.3) is 0 Å². The van der Waals surface area contributed by atoms with Crippen LogP contribution in [0.4, 0.5) is 5.95 Å². The largest absolute Gasteiger partial charge is 0.391 e. The van der Waals surface area contributed by atoms with Crippen LogP contribution in [0.5, 0.6) is 0 Å². The van der Waals surface area contributed by atoms with Crippen LogP contribution in [0.25, 0.3) is 0 Å². The number of aliphatic hydroxyl groups is 1. The van der Waals surface area contributed by atoms with E-state index >= 15 is 0 Å². The number of nitrogens with zero attached hydrogens (tertiary/aromatic N) is 3. The van der Waals surface area contributed by atoms with Crippen LogP contribution in [0.3, 0.4) is 0 Å². The molecule has 0 radical (unpaired) electrons. The molecular weight excluding hydrogens is 228 g/mol. The van der Waals surface area contributed by atoms with Gasteiger partial charge in [0.15, 0.2) is 0 Å². The maximum atomic E-state index is 9.63. The summed E-state index contributed by atoms with van der Waals surface area (Å²) in [6.07, 6.45) is 5.36. The molecule has 1 fully saturated rings. The van der Waals surface area contributed by atoms with E-state index in [1.807, 2.05) is 17.3 Å². The van der Waals surface area contributed by atoms with E-state index in [2.05, 4.69) is 29.1 Å². The zero-order valence-electron chi connectivity index (χ0n) is 11.1. The van der Waals surface area contributed by atoms with Gasteiger partial charge in [-0.3, -0.25) is 0 Å². The fourth-order valence-electron chi connectivity index (χ4n) is 2.06. The molecule has 1 aliphatic heterocycles. The Morgan fingerprint density at radius 1 is 1.44 bits per heavy atom. The number of aliphatic hydroxyl groups excluding tert-OH is 1. The van der Waals surface area contributed by atoms with Gasteiger partial charge in [0.05, 0.1) is 6.10 Å². The second kappa shape index (κ2) is 6.11. The average molecular weight is 250 g/mol. The molecule has 0 aliphatic carbocycles. The Kier molecular flexibility index (Phi) is 4.49. The van der Waals surface area contributed by atoms with Crippen LogP contribution in [0.1, 0.15) is 32.3 Å². The van der Waals surface area contributed by atoms with E-state index < -0.39 is 0 Å². The van der Waals surface area contributed by atoms with Gasteiger partial charge in [-0.2, -0.15) is 0 Å². The van der Waals surface area contributed by atoms with Crippen LogP contribution < -0.4 is 10.2 Å². The van der Waals surface area contributed by atoms with Gasteiger partial charge in [0, 0.05) is 43.6 Å². The number of rotatable bonds is 4. The lowest BCUT2D eigenvalue weighted by molar-refractivity contribution is 0.153. The molecule has 2 N–H and O–H groups in total. The summed E-state index contributed by atoms with van der Waals surface area (Å²) in [7, 11) is 0. The van der Waals surface area contributed by atoms with Gasteiger partial charge >= 0.3 is 0 Å². The summed E-state index contributed by atoms with van der Waals surface area (Å²) in [5.41, 5.74) is 1.09. The molecule has 2 rings (SSSR count). The molecule has 1 aromatic rings. The molecule has 0 amide bonds. The number of aromatic nitrogens is 2. The highest BCUT2D eigenvalue weighted by Crippen LogP contribution is 2.15. The van der Waals surface area contributed by atoms with Crippen molar-refractivity contribution in [1.29, 1.82) is 0 Å². The van der Waals surface area contributed by atoms with E-state index in [0.717, 1.165) is 37.4 Å². The third-order valence-electron chi connectivity index (χ3n) is 3.09. The molecule has 5 nitrogen and oxygen atoms in total. The first-order valence-electron chi connectivity index (χ1n) is 6.62. The van der Waals surface area contributed by atoms with E-state index in [9.17, 15) is 5.11 Å². The molecule has 0 saturated carbocycles. The SMILES string of the molecule is CC(C)NCc1cnc(N2CCCC(O)C2)nc1. The summed E-state index contributed by atoms with van der Waals surface area (Å²) in [6, 6.07) is 0.460. The van der Waals surface area contributed by atoms with Crippen LogP contribution >= 0.6 is 0 Å². The summed E-state index contributed by atoms with van der Waals surface area (Å²) in [6.45, 7) is 6.60. The lowest BCUT2D eigenvalue weighted by Crippen LogP contribution is -2.39. The molecule has 5 heteroatoms. The number of piperidine rings is 1. The Hall–Kier alpha value is -1.20. The zero-order valence-corrected chi connectivity index (χ0v) is 11.1. The van der Waals surface area contributed by atoms with Crippen molar-refractivity contribution in [2.75, 3.05) is 18.0 Å². The molecule has 0 bridgehead atoms. The standard InChI is InChI=1S/C13H22N4O/c1-10(2)14-6-11-7-15-13(16-8-11)17-5-3-4-12(18)9-17/h7-8,10,12,14,18H,3-6,9H2,1-2H3. The highest BCUT2D eigenvalue weighted by Gasteiger charge is 2.19. The number of β-amino-alcohol motifs (C(OH)–C–C–N with tert-alkyl or cyclic N) is 1. The lowest BCUT2D eigenvalue weighted by Gasteiger charge is -2.29.